The molecule has 0 spiro atoms. The van der Waals surface area contributed by atoms with Gasteiger partial charge in [-0.3, -0.25) is 0 Å². The van der Waals surface area contributed by atoms with Gasteiger partial charge in [0.1, 0.15) is 12.4 Å². The van der Waals surface area contributed by atoms with Crippen LogP contribution in [-0.2, 0) is 0 Å². The summed E-state index contributed by atoms with van der Waals surface area (Å²) in [6.07, 6.45) is -2.89. The summed E-state index contributed by atoms with van der Waals surface area (Å²) in [6, 6.07) is 3.03. The Morgan fingerprint density at radius 3 is 2.69 bits per heavy atom. The van der Waals surface area contributed by atoms with Crippen LogP contribution in [0, 0.1) is 0 Å². The molecule has 1 aromatic rings. The maximum atomic E-state index is 11.7. The molecule has 13 heavy (non-hydrogen) atoms. The van der Waals surface area contributed by atoms with Gasteiger partial charge in [0.25, 0.3) is 0 Å². The van der Waals surface area contributed by atoms with Crippen molar-refractivity contribution in [2.75, 3.05) is 17.6 Å². The summed E-state index contributed by atoms with van der Waals surface area (Å²) in [6.45, 7) is -1.13. The Balaban J connectivity index is 2.60. The number of halogens is 3. The molecule has 0 aliphatic carbocycles. The highest BCUT2D eigenvalue weighted by Crippen LogP contribution is 2.18. The van der Waals surface area contributed by atoms with Crippen LogP contribution >= 0.6 is 0 Å². The summed E-state index contributed by atoms with van der Waals surface area (Å²) in [5.41, 5.74) is 5.56. The van der Waals surface area contributed by atoms with Gasteiger partial charge >= 0.3 is 6.18 Å². The highest BCUT2D eigenvalue weighted by atomic mass is 19.4. The molecule has 0 bridgehead atoms. The average Bonchev–Trinajstić information content (AvgIpc) is 2.01. The summed E-state index contributed by atoms with van der Waals surface area (Å²) < 4.78 is 35.2. The lowest BCUT2D eigenvalue weighted by Gasteiger charge is -2.09. The molecule has 1 aromatic heterocycles. The monoisotopic (exact) mass is 191 g/mol. The van der Waals surface area contributed by atoms with Crippen molar-refractivity contribution in [3.8, 4) is 0 Å². The number of aromatic nitrogens is 1. The fourth-order valence-electron chi connectivity index (χ4n) is 0.749. The largest absolute Gasteiger partial charge is 0.405 e. The molecule has 0 aliphatic rings. The molecule has 0 unspecified atom stereocenters. The zero-order valence-corrected chi connectivity index (χ0v) is 6.60. The highest BCUT2D eigenvalue weighted by molar-refractivity contribution is 5.60. The average molecular weight is 191 g/mol. The minimum Gasteiger partial charge on any atom is -0.396 e. The van der Waals surface area contributed by atoms with Crippen LogP contribution < -0.4 is 11.1 Å². The van der Waals surface area contributed by atoms with Gasteiger partial charge in [0.05, 0.1) is 5.69 Å². The van der Waals surface area contributed by atoms with Crippen LogP contribution in [0.15, 0.2) is 18.3 Å². The predicted octanol–water partition coefficient (Wildman–Crippen LogP) is 1.64. The minimum atomic E-state index is -4.26. The molecule has 1 rings (SSSR count). The molecule has 0 fully saturated rings. The van der Waals surface area contributed by atoms with Crippen molar-refractivity contribution in [3.63, 3.8) is 0 Å². The second-order valence-electron chi connectivity index (χ2n) is 2.41. The lowest BCUT2D eigenvalue weighted by Crippen LogP contribution is -2.22. The zero-order chi connectivity index (χ0) is 9.90. The molecule has 3 N–H and O–H groups in total. The summed E-state index contributed by atoms with van der Waals surface area (Å²) in [5, 5.41) is 2.09. The fraction of sp³-hybridized carbons (Fsp3) is 0.286. The maximum Gasteiger partial charge on any atom is 0.405 e. The number of pyridine rings is 1. The second-order valence-corrected chi connectivity index (χ2v) is 2.41. The molecule has 0 amide bonds. The van der Waals surface area contributed by atoms with Crippen molar-refractivity contribution in [3.05, 3.63) is 18.3 Å². The quantitative estimate of drug-likeness (QED) is 0.747. The standard InChI is InChI=1S/C7H8F3N3/c8-7(9,10)4-13-6-5(11)2-1-3-12-6/h1-3H,4,11H2,(H,12,13). The third-order valence-corrected chi connectivity index (χ3v) is 1.30. The van der Waals surface area contributed by atoms with Gasteiger partial charge in [0.15, 0.2) is 0 Å². The van der Waals surface area contributed by atoms with E-state index >= 15 is 0 Å². The van der Waals surface area contributed by atoms with E-state index in [2.05, 4.69) is 10.3 Å². The van der Waals surface area contributed by atoms with Gasteiger partial charge in [-0.15, -0.1) is 0 Å². The fourth-order valence-corrected chi connectivity index (χ4v) is 0.749. The van der Waals surface area contributed by atoms with Gasteiger partial charge in [0, 0.05) is 6.20 Å². The van der Waals surface area contributed by atoms with Crippen LogP contribution in [-0.4, -0.2) is 17.7 Å². The van der Waals surface area contributed by atoms with E-state index in [1.807, 2.05) is 0 Å². The van der Waals surface area contributed by atoms with Crippen LogP contribution in [0.1, 0.15) is 0 Å². The van der Waals surface area contributed by atoms with Gasteiger partial charge in [0.2, 0.25) is 0 Å². The van der Waals surface area contributed by atoms with Crippen molar-refractivity contribution >= 4 is 11.5 Å². The molecule has 72 valence electrons. The van der Waals surface area contributed by atoms with E-state index in [4.69, 9.17) is 5.73 Å². The van der Waals surface area contributed by atoms with Crippen molar-refractivity contribution in [2.24, 2.45) is 0 Å². The van der Waals surface area contributed by atoms with Crippen LogP contribution in [0.2, 0.25) is 0 Å². The Morgan fingerprint density at radius 2 is 2.15 bits per heavy atom. The minimum absolute atomic E-state index is 0.0554. The maximum absolute atomic E-state index is 11.7. The molecule has 0 atom stereocenters. The third-order valence-electron chi connectivity index (χ3n) is 1.30. The van der Waals surface area contributed by atoms with Crippen molar-refractivity contribution in [1.29, 1.82) is 0 Å². The topological polar surface area (TPSA) is 50.9 Å². The van der Waals surface area contributed by atoms with E-state index < -0.39 is 12.7 Å². The van der Waals surface area contributed by atoms with Gasteiger partial charge in [-0.1, -0.05) is 0 Å². The number of hydrogen-bond donors (Lipinski definition) is 2. The van der Waals surface area contributed by atoms with Gasteiger partial charge in [-0.2, -0.15) is 13.2 Å². The lowest BCUT2D eigenvalue weighted by atomic mass is 10.4. The van der Waals surface area contributed by atoms with E-state index in [0.717, 1.165) is 0 Å². The highest BCUT2D eigenvalue weighted by Gasteiger charge is 2.26. The number of nitrogens with zero attached hydrogens (tertiary/aromatic N) is 1. The molecular weight excluding hydrogens is 183 g/mol. The van der Waals surface area contributed by atoms with E-state index in [9.17, 15) is 13.2 Å². The molecule has 0 radical (unpaired) electrons. The van der Waals surface area contributed by atoms with Crippen LogP contribution in [0.5, 0.6) is 0 Å². The van der Waals surface area contributed by atoms with Crippen molar-refractivity contribution < 1.29 is 13.2 Å². The summed E-state index contributed by atoms with van der Waals surface area (Å²) in [7, 11) is 0. The van der Waals surface area contributed by atoms with E-state index in [-0.39, 0.29) is 11.5 Å². The Bertz CT molecular complexity index is 285. The first-order valence-electron chi connectivity index (χ1n) is 3.50. The second kappa shape index (κ2) is 3.51. The van der Waals surface area contributed by atoms with Crippen molar-refractivity contribution in [2.45, 2.75) is 6.18 Å². The van der Waals surface area contributed by atoms with Crippen molar-refractivity contribution in [1.82, 2.24) is 4.98 Å². The molecule has 0 aliphatic heterocycles. The third kappa shape index (κ3) is 3.18. The molecular formula is C7H8F3N3. The van der Waals surface area contributed by atoms with Gasteiger partial charge < -0.3 is 11.1 Å². The number of nitrogens with two attached hydrogens (primary N) is 1. The first-order valence-corrected chi connectivity index (χ1v) is 3.50. The molecule has 0 saturated carbocycles. The number of anilines is 2. The van der Waals surface area contributed by atoms with Gasteiger partial charge in [-0.25, -0.2) is 4.98 Å². The molecule has 0 saturated heterocycles. The molecule has 0 aromatic carbocycles. The van der Waals surface area contributed by atoms with Crippen LogP contribution in [0.3, 0.4) is 0 Å². The van der Waals surface area contributed by atoms with Crippen LogP contribution in [0.4, 0.5) is 24.7 Å². The summed E-state index contributed by atoms with van der Waals surface area (Å²) in [5.74, 6) is 0.0554. The molecule has 1 heterocycles. The summed E-state index contributed by atoms with van der Waals surface area (Å²) >= 11 is 0. The first-order chi connectivity index (χ1) is 5.99. The Hall–Kier alpha value is -1.46. The van der Waals surface area contributed by atoms with E-state index in [0.29, 0.717) is 0 Å². The van der Waals surface area contributed by atoms with E-state index in [1.54, 1.807) is 6.07 Å². The smallest absolute Gasteiger partial charge is 0.396 e. The molecule has 3 nitrogen and oxygen atoms in total. The summed E-state index contributed by atoms with van der Waals surface area (Å²) in [4.78, 5) is 3.65. The van der Waals surface area contributed by atoms with E-state index in [1.165, 1.54) is 12.3 Å². The normalized spacial score (nSPS) is 11.3. The predicted molar refractivity (Wildman–Crippen MR) is 43.2 cm³/mol. The number of alkyl halides is 3. The first kappa shape index (κ1) is 9.63. The number of rotatable bonds is 2. The Kier molecular flexibility index (Phi) is 2.60. The number of nitrogens with one attached hydrogen (secondary N) is 1. The van der Waals surface area contributed by atoms with Gasteiger partial charge in [-0.05, 0) is 12.1 Å². The zero-order valence-electron chi connectivity index (χ0n) is 6.60. The van der Waals surface area contributed by atoms with Crippen LogP contribution in [0.25, 0.3) is 0 Å². The molecule has 6 heteroatoms. The Labute approximate surface area is 72.8 Å². The number of nitrogen functional groups attached to an aromatic ring is 1. The number of hydrogen-bond acceptors (Lipinski definition) is 3. The lowest BCUT2D eigenvalue weighted by molar-refractivity contribution is -0.115. The Morgan fingerprint density at radius 1 is 1.46 bits per heavy atom. The SMILES string of the molecule is Nc1cccnc1NCC(F)(F)F.